The van der Waals surface area contributed by atoms with Gasteiger partial charge in [0.2, 0.25) is 0 Å². The van der Waals surface area contributed by atoms with Gasteiger partial charge in [-0.2, -0.15) is 0 Å². The van der Waals surface area contributed by atoms with Gasteiger partial charge in [-0.05, 0) is 34.1 Å². The van der Waals surface area contributed by atoms with E-state index >= 15 is 0 Å². The van der Waals surface area contributed by atoms with Crippen LogP contribution in [0.1, 0.15) is 4.88 Å². The molecule has 0 aliphatic heterocycles. The summed E-state index contributed by atoms with van der Waals surface area (Å²) in [6.07, 6.45) is 0. The number of hydrogen-bond acceptors (Lipinski definition) is 4. The molecule has 2 aromatic rings. The normalized spacial score (nSPS) is 10.7. The lowest BCUT2D eigenvalue weighted by Gasteiger charge is -2.13. The van der Waals surface area contributed by atoms with E-state index in [2.05, 4.69) is 43.0 Å². The molecule has 23 heavy (non-hydrogen) atoms. The van der Waals surface area contributed by atoms with Crippen molar-refractivity contribution in [2.24, 2.45) is 4.99 Å². The number of nitrogens with zero attached hydrogens (tertiary/aromatic N) is 1. The standard InChI is InChI=1S/C15H18BrN3O2S.HI/c1-17-15(18-8-12-6-10(16)9-22-12)19-11-4-5-13(20-2)14(7-11)21-3;/h4-7,9H,8H2,1-3H3,(H2,17,18,19);1H. The summed E-state index contributed by atoms with van der Waals surface area (Å²) in [5.41, 5.74) is 0.873. The third-order valence-electron chi connectivity index (χ3n) is 2.92. The predicted molar refractivity (Wildman–Crippen MR) is 111 cm³/mol. The number of aliphatic imine (C=N–C) groups is 1. The highest BCUT2D eigenvalue weighted by Gasteiger charge is 2.06. The van der Waals surface area contributed by atoms with Crippen LogP contribution in [0, 0.1) is 0 Å². The molecular weight excluding hydrogens is 493 g/mol. The molecule has 0 saturated heterocycles. The minimum absolute atomic E-state index is 0. The third kappa shape index (κ3) is 5.85. The van der Waals surface area contributed by atoms with E-state index in [9.17, 15) is 0 Å². The molecule has 0 radical (unpaired) electrons. The van der Waals surface area contributed by atoms with Gasteiger partial charge in [-0.25, -0.2) is 0 Å². The number of nitrogens with one attached hydrogen (secondary N) is 2. The van der Waals surface area contributed by atoms with Crippen LogP contribution in [0.15, 0.2) is 39.1 Å². The number of halogens is 2. The second-order valence-electron chi connectivity index (χ2n) is 4.35. The van der Waals surface area contributed by atoms with Gasteiger partial charge in [-0.1, -0.05) is 0 Å². The number of benzene rings is 1. The fourth-order valence-electron chi connectivity index (χ4n) is 1.85. The number of anilines is 1. The van der Waals surface area contributed by atoms with Crippen LogP contribution in [-0.4, -0.2) is 27.2 Å². The lowest BCUT2D eigenvalue weighted by atomic mass is 10.3. The number of ether oxygens (including phenoxy) is 2. The average Bonchev–Trinajstić information content (AvgIpc) is 2.96. The van der Waals surface area contributed by atoms with Crippen molar-refractivity contribution in [2.75, 3.05) is 26.6 Å². The summed E-state index contributed by atoms with van der Waals surface area (Å²) in [6.45, 7) is 0.712. The van der Waals surface area contributed by atoms with Crippen molar-refractivity contribution in [1.29, 1.82) is 0 Å². The maximum Gasteiger partial charge on any atom is 0.195 e. The zero-order valence-electron chi connectivity index (χ0n) is 13.1. The highest BCUT2D eigenvalue weighted by Crippen LogP contribution is 2.29. The Labute approximate surface area is 165 Å². The first-order chi connectivity index (χ1) is 10.7. The Morgan fingerprint density at radius 3 is 2.52 bits per heavy atom. The van der Waals surface area contributed by atoms with Gasteiger partial charge in [-0.3, -0.25) is 4.99 Å². The van der Waals surface area contributed by atoms with E-state index < -0.39 is 0 Å². The lowest BCUT2D eigenvalue weighted by Crippen LogP contribution is -2.29. The first-order valence-electron chi connectivity index (χ1n) is 6.59. The summed E-state index contributed by atoms with van der Waals surface area (Å²) in [7, 11) is 4.97. The Morgan fingerprint density at radius 1 is 1.22 bits per heavy atom. The van der Waals surface area contributed by atoms with Gasteiger partial charge in [0.25, 0.3) is 0 Å². The highest BCUT2D eigenvalue weighted by molar-refractivity contribution is 14.0. The second-order valence-corrected chi connectivity index (χ2v) is 6.26. The summed E-state index contributed by atoms with van der Waals surface area (Å²) in [5, 5.41) is 8.56. The van der Waals surface area contributed by atoms with Crippen LogP contribution in [0.2, 0.25) is 0 Å². The van der Waals surface area contributed by atoms with Gasteiger partial charge in [0, 0.05) is 33.5 Å². The van der Waals surface area contributed by atoms with Crippen LogP contribution in [0.4, 0.5) is 5.69 Å². The van der Waals surface area contributed by atoms with E-state index in [0.29, 0.717) is 24.0 Å². The minimum atomic E-state index is 0. The van der Waals surface area contributed by atoms with E-state index in [-0.39, 0.29) is 24.0 Å². The summed E-state index contributed by atoms with van der Waals surface area (Å²) < 4.78 is 11.6. The fourth-order valence-corrected chi connectivity index (χ4v) is 3.24. The van der Waals surface area contributed by atoms with E-state index in [4.69, 9.17) is 9.47 Å². The summed E-state index contributed by atoms with van der Waals surface area (Å²) in [5.74, 6) is 2.06. The smallest absolute Gasteiger partial charge is 0.195 e. The molecule has 0 spiro atoms. The van der Waals surface area contributed by atoms with Crippen LogP contribution in [-0.2, 0) is 6.54 Å². The van der Waals surface area contributed by atoms with Crippen molar-refractivity contribution in [2.45, 2.75) is 6.54 Å². The number of rotatable bonds is 5. The molecule has 1 aromatic carbocycles. The largest absolute Gasteiger partial charge is 0.493 e. The van der Waals surface area contributed by atoms with Crippen molar-refractivity contribution in [3.8, 4) is 11.5 Å². The van der Waals surface area contributed by atoms with Gasteiger partial charge < -0.3 is 20.1 Å². The van der Waals surface area contributed by atoms with Crippen molar-refractivity contribution in [3.63, 3.8) is 0 Å². The van der Waals surface area contributed by atoms with Gasteiger partial charge in [0.05, 0.1) is 20.8 Å². The monoisotopic (exact) mass is 511 g/mol. The van der Waals surface area contributed by atoms with E-state index in [1.165, 1.54) is 4.88 Å². The highest BCUT2D eigenvalue weighted by atomic mass is 127. The number of methoxy groups -OCH3 is 2. The lowest BCUT2D eigenvalue weighted by molar-refractivity contribution is 0.355. The minimum Gasteiger partial charge on any atom is -0.493 e. The van der Waals surface area contributed by atoms with Crippen molar-refractivity contribution >= 4 is 62.9 Å². The second kappa shape index (κ2) is 9.99. The van der Waals surface area contributed by atoms with Crippen LogP contribution < -0.4 is 20.1 Å². The average molecular weight is 512 g/mol. The first kappa shape index (κ1) is 20.0. The van der Waals surface area contributed by atoms with Crippen molar-refractivity contribution < 1.29 is 9.47 Å². The van der Waals surface area contributed by atoms with Crippen molar-refractivity contribution in [3.05, 3.63) is 39.0 Å². The summed E-state index contributed by atoms with van der Waals surface area (Å²) >= 11 is 5.14. The Hall–Kier alpha value is -1.00. The molecule has 0 bridgehead atoms. The quantitative estimate of drug-likeness (QED) is 0.356. The Bertz CT molecular complexity index is 664. The maximum absolute atomic E-state index is 5.30. The fraction of sp³-hybridized carbons (Fsp3) is 0.267. The molecule has 0 amide bonds. The molecule has 2 rings (SSSR count). The number of guanidine groups is 1. The van der Waals surface area contributed by atoms with Gasteiger partial charge in [0.1, 0.15) is 0 Å². The third-order valence-corrected chi connectivity index (χ3v) is 4.62. The van der Waals surface area contributed by atoms with Gasteiger partial charge in [-0.15, -0.1) is 35.3 Å². The van der Waals surface area contributed by atoms with Crippen LogP contribution in [0.3, 0.4) is 0 Å². The molecule has 0 fully saturated rings. The van der Waals surface area contributed by atoms with E-state index in [1.807, 2.05) is 18.2 Å². The van der Waals surface area contributed by atoms with Crippen LogP contribution in [0.5, 0.6) is 11.5 Å². The topological polar surface area (TPSA) is 54.9 Å². The predicted octanol–water partition coefficient (Wildman–Crippen LogP) is 4.33. The molecule has 1 aromatic heterocycles. The molecule has 0 aliphatic carbocycles. The zero-order valence-corrected chi connectivity index (χ0v) is 17.8. The van der Waals surface area contributed by atoms with Crippen LogP contribution >= 0.6 is 51.2 Å². The molecule has 126 valence electrons. The van der Waals surface area contributed by atoms with Crippen LogP contribution in [0.25, 0.3) is 0 Å². The first-order valence-corrected chi connectivity index (χ1v) is 8.26. The molecule has 1 heterocycles. The molecule has 0 unspecified atom stereocenters. The molecule has 0 aliphatic rings. The van der Waals surface area contributed by atoms with Gasteiger partial charge >= 0.3 is 0 Å². The number of hydrogen-bond donors (Lipinski definition) is 2. The van der Waals surface area contributed by atoms with E-state index in [0.717, 1.165) is 10.2 Å². The molecule has 0 saturated carbocycles. The van der Waals surface area contributed by atoms with Gasteiger partial charge in [0.15, 0.2) is 17.5 Å². The molecule has 8 heteroatoms. The Kier molecular flexibility index (Phi) is 8.71. The Morgan fingerprint density at radius 2 is 1.96 bits per heavy atom. The molecule has 0 atom stereocenters. The summed E-state index contributed by atoms with van der Waals surface area (Å²) in [4.78, 5) is 5.44. The van der Waals surface area contributed by atoms with E-state index in [1.54, 1.807) is 32.6 Å². The molecular formula is C15H19BrIN3O2S. The summed E-state index contributed by atoms with van der Waals surface area (Å²) in [6, 6.07) is 7.72. The maximum atomic E-state index is 5.30. The Balaban J connectivity index is 0.00000264. The number of thiophene rings is 1. The SMILES string of the molecule is CN=C(NCc1cc(Br)cs1)Nc1ccc(OC)c(OC)c1.I. The molecule has 5 nitrogen and oxygen atoms in total. The zero-order chi connectivity index (χ0) is 15.9. The molecule has 2 N–H and O–H groups in total. The van der Waals surface area contributed by atoms with Crippen molar-refractivity contribution in [1.82, 2.24) is 5.32 Å².